The first-order chi connectivity index (χ1) is 10.9. The van der Waals surface area contributed by atoms with Crippen molar-refractivity contribution in [1.29, 1.82) is 0 Å². The van der Waals surface area contributed by atoms with E-state index < -0.39 is 6.36 Å². The summed E-state index contributed by atoms with van der Waals surface area (Å²) in [5.74, 6) is -0.256. The van der Waals surface area contributed by atoms with Gasteiger partial charge in [0, 0.05) is 5.56 Å². The number of ether oxygens (including phenoxy) is 1. The zero-order valence-corrected chi connectivity index (χ0v) is 12.2. The topological polar surface area (TPSA) is 27.1 Å². The monoisotopic (exact) mass is 318 g/mol. The molecule has 0 bridgehead atoms. The Kier molecular flexibility index (Phi) is 3.82. The summed E-state index contributed by atoms with van der Waals surface area (Å²) < 4.78 is 42.8. The number of rotatable bonds is 3. The predicted molar refractivity (Wildman–Crippen MR) is 80.4 cm³/mol. The van der Waals surface area contributed by atoms with E-state index in [1.807, 2.05) is 43.3 Å². The van der Waals surface area contributed by atoms with Gasteiger partial charge in [0.25, 0.3) is 0 Å². The van der Waals surface area contributed by atoms with Gasteiger partial charge in [0.1, 0.15) is 5.75 Å². The molecule has 0 radical (unpaired) electrons. The average Bonchev–Trinajstić information content (AvgIpc) is 2.89. The second-order valence-corrected chi connectivity index (χ2v) is 4.99. The molecule has 0 aliphatic heterocycles. The first-order valence-electron chi connectivity index (χ1n) is 6.91. The smallest absolute Gasteiger partial charge is 0.406 e. The third-order valence-corrected chi connectivity index (χ3v) is 3.20. The maximum Gasteiger partial charge on any atom is 0.573 e. The third-order valence-electron chi connectivity index (χ3n) is 3.20. The minimum atomic E-state index is -4.71. The molecular formula is C17H13F3N2O. The van der Waals surface area contributed by atoms with E-state index in [4.69, 9.17) is 0 Å². The summed E-state index contributed by atoms with van der Waals surface area (Å²) in [6, 6.07) is 17.1. The van der Waals surface area contributed by atoms with Gasteiger partial charge in [-0.2, -0.15) is 5.10 Å². The summed E-state index contributed by atoms with van der Waals surface area (Å²) in [6.45, 7) is 1.83. The average molecular weight is 318 g/mol. The Morgan fingerprint density at radius 2 is 1.70 bits per heavy atom. The van der Waals surface area contributed by atoms with E-state index in [1.54, 1.807) is 10.7 Å². The molecule has 3 aromatic rings. The minimum absolute atomic E-state index is 0.256. The van der Waals surface area contributed by atoms with Crippen LogP contribution < -0.4 is 4.74 Å². The predicted octanol–water partition coefficient (Wildman–Crippen LogP) is 4.75. The summed E-state index contributed by atoms with van der Waals surface area (Å²) in [5, 5.41) is 4.42. The van der Waals surface area contributed by atoms with Crippen molar-refractivity contribution >= 4 is 0 Å². The van der Waals surface area contributed by atoms with Gasteiger partial charge in [-0.3, -0.25) is 0 Å². The molecule has 0 saturated heterocycles. The molecule has 0 unspecified atom stereocenters. The number of halogens is 3. The molecule has 0 fully saturated rings. The van der Waals surface area contributed by atoms with Gasteiger partial charge >= 0.3 is 6.36 Å². The number of hydrogen-bond acceptors (Lipinski definition) is 2. The van der Waals surface area contributed by atoms with Crippen LogP contribution in [0, 0.1) is 6.92 Å². The van der Waals surface area contributed by atoms with Crippen LogP contribution in [0.15, 0.2) is 60.7 Å². The highest BCUT2D eigenvalue weighted by Gasteiger charge is 2.31. The van der Waals surface area contributed by atoms with Gasteiger partial charge in [-0.25, -0.2) is 4.68 Å². The van der Waals surface area contributed by atoms with Crippen molar-refractivity contribution in [2.45, 2.75) is 13.3 Å². The van der Waals surface area contributed by atoms with Crippen molar-refractivity contribution in [3.8, 4) is 22.7 Å². The van der Waals surface area contributed by atoms with E-state index in [1.165, 1.54) is 18.2 Å². The van der Waals surface area contributed by atoms with Crippen molar-refractivity contribution in [3.63, 3.8) is 0 Å². The first-order valence-corrected chi connectivity index (χ1v) is 6.91. The lowest BCUT2D eigenvalue weighted by Gasteiger charge is -2.11. The molecule has 0 aliphatic carbocycles. The number of alkyl halides is 3. The molecule has 1 aromatic heterocycles. The maximum atomic E-state index is 12.4. The third kappa shape index (κ3) is 3.53. The standard InChI is InChI=1S/C17H13F3N2O/c1-12-10-16(22(21-12)14-7-3-2-4-8-14)13-6-5-9-15(11-13)23-17(18,19)20/h2-11H,1H3. The lowest BCUT2D eigenvalue weighted by molar-refractivity contribution is -0.274. The molecular weight excluding hydrogens is 305 g/mol. The Balaban J connectivity index is 2.05. The SMILES string of the molecule is Cc1cc(-c2cccc(OC(F)(F)F)c2)n(-c2ccccc2)n1. The van der Waals surface area contributed by atoms with Crippen LogP contribution in [-0.4, -0.2) is 16.1 Å². The molecule has 2 aromatic carbocycles. The second-order valence-electron chi connectivity index (χ2n) is 4.99. The van der Waals surface area contributed by atoms with E-state index in [9.17, 15) is 13.2 Å². The molecule has 0 N–H and O–H groups in total. The summed E-state index contributed by atoms with van der Waals surface area (Å²) in [7, 11) is 0. The van der Waals surface area contributed by atoms with E-state index in [-0.39, 0.29) is 5.75 Å². The Bertz CT molecular complexity index is 810. The number of benzene rings is 2. The molecule has 1 heterocycles. The molecule has 118 valence electrons. The van der Waals surface area contributed by atoms with E-state index in [0.717, 1.165) is 11.4 Å². The summed E-state index contributed by atoms with van der Waals surface area (Å²) >= 11 is 0. The minimum Gasteiger partial charge on any atom is -0.406 e. The van der Waals surface area contributed by atoms with Crippen molar-refractivity contribution in [1.82, 2.24) is 9.78 Å². The quantitative estimate of drug-likeness (QED) is 0.697. The summed E-state index contributed by atoms with van der Waals surface area (Å²) in [6.07, 6.45) is -4.71. The number of aromatic nitrogens is 2. The van der Waals surface area contributed by atoms with Crippen LogP contribution >= 0.6 is 0 Å². The van der Waals surface area contributed by atoms with Gasteiger partial charge in [-0.1, -0.05) is 30.3 Å². The zero-order valence-electron chi connectivity index (χ0n) is 12.2. The Hall–Kier alpha value is -2.76. The molecule has 0 amide bonds. The Labute approximate surface area is 130 Å². The molecule has 3 nitrogen and oxygen atoms in total. The highest BCUT2D eigenvalue weighted by atomic mass is 19.4. The number of para-hydroxylation sites is 1. The van der Waals surface area contributed by atoms with Crippen LogP contribution in [-0.2, 0) is 0 Å². The van der Waals surface area contributed by atoms with Crippen molar-refractivity contribution in [2.75, 3.05) is 0 Å². The summed E-state index contributed by atoms with van der Waals surface area (Å²) in [5.41, 5.74) is 2.89. The lowest BCUT2D eigenvalue weighted by atomic mass is 10.1. The molecule has 3 rings (SSSR count). The summed E-state index contributed by atoms with van der Waals surface area (Å²) in [4.78, 5) is 0. The van der Waals surface area contributed by atoms with Gasteiger partial charge in [0.2, 0.25) is 0 Å². The molecule has 23 heavy (non-hydrogen) atoms. The first kappa shape index (κ1) is 15.1. The van der Waals surface area contributed by atoms with E-state index in [0.29, 0.717) is 11.3 Å². The van der Waals surface area contributed by atoms with Gasteiger partial charge < -0.3 is 4.74 Å². The maximum absolute atomic E-state index is 12.4. The largest absolute Gasteiger partial charge is 0.573 e. The molecule has 6 heteroatoms. The van der Waals surface area contributed by atoms with Crippen molar-refractivity contribution in [3.05, 3.63) is 66.4 Å². The van der Waals surface area contributed by atoms with E-state index in [2.05, 4.69) is 9.84 Å². The van der Waals surface area contributed by atoms with Crippen molar-refractivity contribution < 1.29 is 17.9 Å². The van der Waals surface area contributed by atoms with Crippen molar-refractivity contribution in [2.24, 2.45) is 0 Å². The highest BCUT2D eigenvalue weighted by molar-refractivity contribution is 5.64. The fourth-order valence-corrected chi connectivity index (χ4v) is 2.32. The normalized spacial score (nSPS) is 11.5. The number of hydrogen-bond donors (Lipinski definition) is 0. The van der Waals surface area contributed by atoms with Gasteiger partial charge in [-0.15, -0.1) is 13.2 Å². The van der Waals surface area contributed by atoms with Gasteiger partial charge in [0.15, 0.2) is 0 Å². The fraction of sp³-hybridized carbons (Fsp3) is 0.118. The van der Waals surface area contributed by atoms with Crippen LogP contribution in [0.4, 0.5) is 13.2 Å². The Morgan fingerprint density at radius 3 is 2.39 bits per heavy atom. The van der Waals surface area contributed by atoms with Gasteiger partial charge in [-0.05, 0) is 37.3 Å². The molecule has 0 atom stereocenters. The van der Waals surface area contributed by atoms with Crippen LogP contribution in [0.3, 0.4) is 0 Å². The van der Waals surface area contributed by atoms with Crippen LogP contribution in [0.2, 0.25) is 0 Å². The van der Waals surface area contributed by atoms with Crippen LogP contribution in [0.25, 0.3) is 16.9 Å². The Morgan fingerprint density at radius 1 is 0.957 bits per heavy atom. The lowest BCUT2D eigenvalue weighted by Crippen LogP contribution is -2.17. The van der Waals surface area contributed by atoms with E-state index >= 15 is 0 Å². The molecule has 0 aliphatic rings. The number of nitrogens with zero attached hydrogens (tertiary/aromatic N) is 2. The van der Waals surface area contributed by atoms with Gasteiger partial charge in [0.05, 0.1) is 17.1 Å². The number of aryl methyl sites for hydroxylation is 1. The van der Waals surface area contributed by atoms with Crippen LogP contribution in [0.5, 0.6) is 5.75 Å². The molecule has 0 saturated carbocycles. The fourth-order valence-electron chi connectivity index (χ4n) is 2.32. The zero-order chi connectivity index (χ0) is 16.4. The molecule has 0 spiro atoms. The highest BCUT2D eigenvalue weighted by Crippen LogP contribution is 2.29. The second kappa shape index (κ2) is 5.79. The van der Waals surface area contributed by atoms with Crippen LogP contribution in [0.1, 0.15) is 5.69 Å².